The minimum absolute atomic E-state index is 0.186. The fraction of sp³-hybridized carbons (Fsp3) is 0.250. The van der Waals surface area contributed by atoms with Crippen LogP contribution in [0.25, 0.3) is 6.08 Å². The number of carbonyl (C=O) groups is 2. The summed E-state index contributed by atoms with van der Waals surface area (Å²) >= 11 is 0.882. The van der Waals surface area contributed by atoms with Gasteiger partial charge in [-0.1, -0.05) is 6.08 Å². The average molecular weight is 335 g/mol. The molecule has 0 aromatic heterocycles. The topological polar surface area (TPSA) is 65.1 Å². The molecule has 0 saturated carbocycles. The van der Waals surface area contributed by atoms with Crippen LogP contribution in [-0.2, 0) is 4.79 Å². The number of rotatable bonds is 6. The van der Waals surface area contributed by atoms with E-state index in [-0.39, 0.29) is 17.7 Å². The van der Waals surface area contributed by atoms with Gasteiger partial charge in [-0.05, 0) is 30.0 Å². The summed E-state index contributed by atoms with van der Waals surface area (Å²) in [7, 11) is 4.53. The highest BCUT2D eigenvalue weighted by atomic mass is 32.2. The number of hydrogen-bond donors (Lipinski definition) is 0. The van der Waals surface area contributed by atoms with Crippen LogP contribution in [0.1, 0.15) is 5.56 Å². The zero-order valence-corrected chi connectivity index (χ0v) is 13.9. The zero-order chi connectivity index (χ0) is 17.0. The van der Waals surface area contributed by atoms with Gasteiger partial charge in [0.15, 0.2) is 11.5 Å². The molecule has 2 amide bonds. The van der Waals surface area contributed by atoms with Crippen LogP contribution in [0.5, 0.6) is 17.2 Å². The van der Waals surface area contributed by atoms with Crippen molar-refractivity contribution in [1.29, 1.82) is 0 Å². The Hall–Kier alpha value is -2.41. The van der Waals surface area contributed by atoms with Gasteiger partial charge in [0.25, 0.3) is 11.1 Å². The quantitative estimate of drug-likeness (QED) is 0.588. The molecule has 0 radical (unpaired) electrons. The predicted octanol–water partition coefficient (Wildman–Crippen LogP) is 2.93. The van der Waals surface area contributed by atoms with Crippen molar-refractivity contribution in [3.8, 4) is 17.2 Å². The van der Waals surface area contributed by atoms with E-state index >= 15 is 0 Å². The van der Waals surface area contributed by atoms with E-state index in [0.29, 0.717) is 27.7 Å². The first-order chi connectivity index (χ1) is 11.1. The molecule has 2 rings (SSSR count). The molecule has 1 heterocycles. The highest BCUT2D eigenvalue weighted by molar-refractivity contribution is 8.18. The second-order valence-corrected chi connectivity index (χ2v) is 5.50. The fourth-order valence-electron chi connectivity index (χ4n) is 2.17. The molecule has 0 unspecified atom stereocenters. The lowest BCUT2D eigenvalue weighted by molar-refractivity contribution is -0.122. The molecule has 0 spiro atoms. The summed E-state index contributed by atoms with van der Waals surface area (Å²) in [4.78, 5) is 25.6. The van der Waals surface area contributed by atoms with Gasteiger partial charge in [-0.25, -0.2) is 0 Å². The van der Waals surface area contributed by atoms with Crippen LogP contribution in [0.15, 0.2) is 29.7 Å². The number of thioether (sulfide) groups is 1. The number of nitrogens with zero attached hydrogens (tertiary/aromatic N) is 1. The minimum atomic E-state index is -0.350. The molecule has 1 fully saturated rings. The van der Waals surface area contributed by atoms with Gasteiger partial charge in [0.2, 0.25) is 5.75 Å². The van der Waals surface area contributed by atoms with Gasteiger partial charge in [0.1, 0.15) is 0 Å². The number of carbonyl (C=O) groups excluding carboxylic acids is 2. The lowest BCUT2D eigenvalue weighted by Crippen LogP contribution is -2.27. The van der Waals surface area contributed by atoms with Crippen LogP contribution in [0.2, 0.25) is 0 Å². The van der Waals surface area contributed by atoms with Crippen LogP contribution in [-0.4, -0.2) is 43.9 Å². The molecule has 1 aromatic carbocycles. The monoisotopic (exact) mass is 335 g/mol. The van der Waals surface area contributed by atoms with Crippen molar-refractivity contribution in [2.24, 2.45) is 0 Å². The van der Waals surface area contributed by atoms with E-state index in [1.165, 1.54) is 27.4 Å². The van der Waals surface area contributed by atoms with Crippen LogP contribution in [0.3, 0.4) is 0 Å². The summed E-state index contributed by atoms with van der Waals surface area (Å²) in [6.07, 6.45) is 3.12. The predicted molar refractivity (Wildman–Crippen MR) is 89.0 cm³/mol. The summed E-state index contributed by atoms with van der Waals surface area (Å²) in [6, 6.07) is 3.45. The summed E-state index contributed by atoms with van der Waals surface area (Å²) in [5.41, 5.74) is 0.620. The van der Waals surface area contributed by atoms with E-state index in [4.69, 9.17) is 14.2 Å². The highest BCUT2D eigenvalue weighted by Crippen LogP contribution is 2.42. The first kappa shape index (κ1) is 17.0. The van der Waals surface area contributed by atoms with E-state index in [0.717, 1.165) is 16.7 Å². The molecule has 0 N–H and O–H groups in total. The lowest BCUT2D eigenvalue weighted by Gasteiger charge is -2.14. The van der Waals surface area contributed by atoms with Crippen LogP contribution in [0.4, 0.5) is 4.79 Å². The molecule has 122 valence electrons. The normalized spacial score (nSPS) is 16.0. The van der Waals surface area contributed by atoms with Crippen molar-refractivity contribution < 1.29 is 23.8 Å². The molecule has 0 bridgehead atoms. The summed E-state index contributed by atoms with van der Waals surface area (Å²) < 4.78 is 15.9. The van der Waals surface area contributed by atoms with Crippen molar-refractivity contribution in [3.63, 3.8) is 0 Å². The number of benzene rings is 1. The maximum Gasteiger partial charge on any atom is 0.293 e. The third-order valence-electron chi connectivity index (χ3n) is 3.21. The summed E-state index contributed by atoms with van der Waals surface area (Å²) in [6.45, 7) is 3.73. The molecule has 7 heteroatoms. The second-order valence-electron chi connectivity index (χ2n) is 4.50. The zero-order valence-electron chi connectivity index (χ0n) is 13.1. The Morgan fingerprint density at radius 2 is 1.83 bits per heavy atom. The van der Waals surface area contributed by atoms with Crippen LogP contribution < -0.4 is 14.2 Å². The SMILES string of the molecule is C=CCN1C(=O)SC(=Cc2ccc(OC)c(OC)c2OC)C1=O. The third-order valence-corrected chi connectivity index (χ3v) is 4.11. The maximum atomic E-state index is 12.3. The lowest BCUT2D eigenvalue weighted by atomic mass is 10.1. The van der Waals surface area contributed by atoms with Crippen LogP contribution in [0, 0.1) is 0 Å². The highest BCUT2D eigenvalue weighted by Gasteiger charge is 2.34. The second kappa shape index (κ2) is 7.23. The molecule has 23 heavy (non-hydrogen) atoms. The van der Waals surface area contributed by atoms with E-state index in [2.05, 4.69) is 6.58 Å². The van der Waals surface area contributed by atoms with E-state index in [1.54, 1.807) is 18.2 Å². The van der Waals surface area contributed by atoms with Crippen molar-refractivity contribution >= 4 is 29.0 Å². The Kier molecular flexibility index (Phi) is 5.33. The molecule has 1 aliphatic rings. The standard InChI is InChI=1S/C16H17NO5S/c1-5-8-17-15(18)12(23-16(17)19)9-10-6-7-11(20-2)14(22-4)13(10)21-3/h5-7,9H,1,8H2,2-4H3. The number of methoxy groups -OCH3 is 3. The summed E-state index contributed by atoms with van der Waals surface area (Å²) in [5.74, 6) is 1.02. The van der Waals surface area contributed by atoms with Gasteiger partial charge < -0.3 is 14.2 Å². The van der Waals surface area contributed by atoms with Gasteiger partial charge >= 0.3 is 0 Å². The van der Waals surface area contributed by atoms with Gasteiger partial charge in [0, 0.05) is 12.1 Å². The third kappa shape index (κ3) is 3.19. The Bertz CT molecular complexity index is 683. The first-order valence-electron chi connectivity index (χ1n) is 6.72. The van der Waals surface area contributed by atoms with Gasteiger partial charge in [-0.15, -0.1) is 6.58 Å². The van der Waals surface area contributed by atoms with Gasteiger partial charge in [-0.3, -0.25) is 14.5 Å². The Labute approximate surface area is 138 Å². The van der Waals surface area contributed by atoms with Crippen molar-refractivity contribution in [3.05, 3.63) is 35.3 Å². The number of ether oxygens (including phenoxy) is 3. The van der Waals surface area contributed by atoms with Crippen molar-refractivity contribution in [2.45, 2.75) is 0 Å². The van der Waals surface area contributed by atoms with E-state index in [9.17, 15) is 9.59 Å². The van der Waals surface area contributed by atoms with E-state index in [1.807, 2.05) is 0 Å². The minimum Gasteiger partial charge on any atom is -0.493 e. The van der Waals surface area contributed by atoms with Crippen LogP contribution >= 0.6 is 11.8 Å². The molecule has 1 aliphatic heterocycles. The Morgan fingerprint density at radius 1 is 1.13 bits per heavy atom. The maximum absolute atomic E-state index is 12.3. The molecule has 6 nitrogen and oxygen atoms in total. The molecule has 1 saturated heterocycles. The van der Waals surface area contributed by atoms with E-state index < -0.39 is 0 Å². The number of imide groups is 1. The summed E-state index contributed by atoms with van der Waals surface area (Å²) in [5, 5.41) is -0.319. The molecular formula is C16H17NO5S. The number of hydrogen-bond acceptors (Lipinski definition) is 6. The molecule has 1 aromatic rings. The Balaban J connectivity index is 2.45. The molecule has 0 aliphatic carbocycles. The average Bonchev–Trinajstić information content (AvgIpc) is 2.82. The fourth-order valence-corrected chi connectivity index (χ4v) is 3.00. The Morgan fingerprint density at radius 3 is 2.39 bits per heavy atom. The smallest absolute Gasteiger partial charge is 0.293 e. The number of amides is 2. The van der Waals surface area contributed by atoms with Crippen molar-refractivity contribution in [1.82, 2.24) is 4.90 Å². The van der Waals surface area contributed by atoms with Crippen molar-refractivity contribution in [2.75, 3.05) is 27.9 Å². The van der Waals surface area contributed by atoms with Gasteiger partial charge in [-0.2, -0.15) is 0 Å². The van der Waals surface area contributed by atoms with Gasteiger partial charge in [0.05, 0.1) is 26.2 Å². The molecular weight excluding hydrogens is 318 g/mol. The first-order valence-corrected chi connectivity index (χ1v) is 7.54. The molecule has 0 atom stereocenters. The largest absolute Gasteiger partial charge is 0.493 e.